The molecule has 2 heterocycles. The van der Waals surface area contributed by atoms with Crippen molar-refractivity contribution in [2.24, 2.45) is 17.8 Å². The Bertz CT molecular complexity index is 267. The molecule has 0 saturated carbocycles. The summed E-state index contributed by atoms with van der Waals surface area (Å²) in [6.45, 7) is 8.77. The molecule has 2 fully saturated rings. The summed E-state index contributed by atoms with van der Waals surface area (Å²) in [5, 5.41) is 3.09. The van der Waals surface area contributed by atoms with Gasteiger partial charge in [-0.2, -0.15) is 0 Å². The van der Waals surface area contributed by atoms with Crippen LogP contribution in [0.4, 0.5) is 4.79 Å². The molecule has 2 atom stereocenters. The topological polar surface area (TPSA) is 41.6 Å². The van der Waals surface area contributed by atoms with Gasteiger partial charge in [-0.1, -0.05) is 13.8 Å². The van der Waals surface area contributed by atoms with Gasteiger partial charge in [-0.15, -0.1) is 0 Å². The third-order valence-electron chi connectivity index (χ3n) is 4.04. The van der Waals surface area contributed by atoms with Crippen molar-refractivity contribution in [1.29, 1.82) is 0 Å². The highest BCUT2D eigenvalue weighted by molar-refractivity contribution is 5.74. The largest absolute Gasteiger partial charge is 0.381 e. The van der Waals surface area contributed by atoms with Crippen LogP contribution in [0.2, 0.25) is 0 Å². The van der Waals surface area contributed by atoms with E-state index in [4.69, 9.17) is 4.74 Å². The summed E-state index contributed by atoms with van der Waals surface area (Å²) < 4.78 is 5.33. The van der Waals surface area contributed by atoms with Gasteiger partial charge in [-0.05, 0) is 37.0 Å². The number of amides is 2. The van der Waals surface area contributed by atoms with Crippen molar-refractivity contribution in [2.75, 3.05) is 32.8 Å². The highest BCUT2D eigenvalue weighted by Gasteiger charge is 2.25. The van der Waals surface area contributed by atoms with Crippen LogP contribution in [-0.2, 0) is 4.74 Å². The summed E-state index contributed by atoms with van der Waals surface area (Å²) in [4.78, 5) is 14.1. The molecule has 104 valence electrons. The Kier molecular flexibility index (Phi) is 4.87. The van der Waals surface area contributed by atoms with Gasteiger partial charge in [0.05, 0.1) is 0 Å². The highest BCUT2D eigenvalue weighted by atomic mass is 16.5. The Labute approximate surface area is 110 Å². The van der Waals surface area contributed by atoms with E-state index in [0.29, 0.717) is 17.8 Å². The molecule has 0 aromatic rings. The summed E-state index contributed by atoms with van der Waals surface area (Å²) in [5.41, 5.74) is 0. The number of piperidine rings is 1. The Morgan fingerprint density at radius 2 is 1.83 bits per heavy atom. The number of urea groups is 1. The molecule has 4 nitrogen and oxygen atoms in total. The Balaban J connectivity index is 1.73. The van der Waals surface area contributed by atoms with Gasteiger partial charge in [0, 0.05) is 32.8 Å². The molecule has 2 amide bonds. The number of carbonyl (C=O) groups is 1. The average molecular weight is 254 g/mol. The van der Waals surface area contributed by atoms with Gasteiger partial charge in [0.25, 0.3) is 0 Å². The van der Waals surface area contributed by atoms with Crippen molar-refractivity contribution in [3.8, 4) is 0 Å². The molecule has 2 aliphatic heterocycles. The minimum absolute atomic E-state index is 0.125. The number of ether oxygens (including phenoxy) is 1. The first-order valence-corrected chi connectivity index (χ1v) is 7.25. The second-order valence-electron chi connectivity index (χ2n) is 6.09. The Morgan fingerprint density at radius 1 is 1.22 bits per heavy atom. The second-order valence-corrected chi connectivity index (χ2v) is 6.09. The van der Waals surface area contributed by atoms with Crippen LogP contribution < -0.4 is 5.32 Å². The zero-order chi connectivity index (χ0) is 13.0. The molecule has 0 aromatic carbocycles. The fourth-order valence-electron chi connectivity index (χ4n) is 3.12. The number of nitrogens with zero attached hydrogens (tertiary/aromatic N) is 1. The molecule has 2 aliphatic rings. The predicted octanol–water partition coefficient (Wildman–Crippen LogP) is 2.10. The first-order chi connectivity index (χ1) is 8.65. The van der Waals surface area contributed by atoms with Gasteiger partial charge < -0.3 is 15.0 Å². The fraction of sp³-hybridized carbons (Fsp3) is 0.929. The van der Waals surface area contributed by atoms with Crippen LogP contribution in [0.25, 0.3) is 0 Å². The quantitative estimate of drug-likeness (QED) is 0.820. The summed E-state index contributed by atoms with van der Waals surface area (Å²) in [7, 11) is 0. The van der Waals surface area contributed by atoms with Gasteiger partial charge >= 0.3 is 6.03 Å². The van der Waals surface area contributed by atoms with Gasteiger partial charge in [0.1, 0.15) is 0 Å². The van der Waals surface area contributed by atoms with E-state index in [1.165, 1.54) is 6.42 Å². The van der Waals surface area contributed by atoms with Crippen molar-refractivity contribution in [3.05, 3.63) is 0 Å². The minimum atomic E-state index is 0.125. The lowest BCUT2D eigenvalue weighted by Gasteiger charge is -2.35. The molecular weight excluding hydrogens is 228 g/mol. The molecule has 0 spiro atoms. The van der Waals surface area contributed by atoms with E-state index in [-0.39, 0.29) is 6.03 Å². The molecule has 0 aromatic heterocycles. The maximum absolute atomic E-state index is 12.1. The van der Waals surface area contributed by atoms with Crippen molar-refractivity contribution < 1.29 is 9.53 Å². The lowest BCUT2D eigenvalue weighted by molar-refractivity contribution is 0.0658. The van der Waals surface area contributed by atoms with E-state index in [9.17, 15) is 4.79 Å². The normalized spacial score (nSPS) is 30.2. The number of likely N-dealkylation sites (tertiary alicyclic amines) is 1. The summed E-state index contributed by atoms with van der Waals surface area (Å²) >= 11 is 0. The van der Waals surface area contributed by atoms with Crippen LogP contribution in [0.15, 0.2) is 0 Å². The molecule has 0 aliphatic carbocycles. The molecule has 18 heavy (non-hydrogen) atoms. The van der Waals surface area contributed by atoms with Crippen LogP contribution in [0.5, 0.6) is 0 Å². The van der Waals surface area contributed by atoms with E-state index < -0.39 is 0 Å². The van der Waals surface area contributed by atoms with E-state index in [0.717, 1.165) is 45.7 Å². The number of nitrogens with one attached hydrogen (secondary N) is 1. The van der Waals surface area contributed by atoms with Crippen molar-refractivity contribution in [2.45, 2.75) is 33.1 Å². The third-order valence-corrected chi connectivity index (χ3v) is 4.04. The van der Waals surface area contributed by atoms with Crippen LogP contribution in [-0.4, -0.2) is 43.8 Å². The minimum Gasteiger partial charge on any atom is -0.381 e. The Hall–Kier alpha value is -0.770. The lowest BCUT2D eigenvalue weighted by Crippen LogP contribution is -2.48. The summed E-state index contributed by atoms with van der Waals surface area (Å²) in [5.74, 6) is 1.85. The van der Waals surface area contributed by atoms with Crippen LogP contribution in [0, 0.1) is 17.8 Å². The molecular formula is C14H26N2O2. The average Bonchev–Trinajstić information content (AvgIpc) is 2.36. The maximum Gasteiger partial charge on any atom is 0.317 e. The molecule has 2 saturated heterocycles. The van der Waals surface area contributed by atoms with Crippen LogP contribution >= 0.6 is 0 Å². The van der Waals surface area contributed by atoms with Crippen LogP contribution in [0.3, 0.4) is 0 Å². The van der Waals surface area contributed by atoms with Gasteiger partial charge in [0.2, 0.25) is 0 Å². The van der Waals surface area contributed by atoms with E-state index in [1.54, 1.807) is 0 Å². The Morgan fingerprint density at radius 3 is 2.44 bits per heavy atom. The molecule has 2 unspecified atom stereocenters. The molecule has 0 bridgehead atoms. The third kappa shape index (κ3) is 3.87. The zero-order valence-electron chi connectivity index (χ0n) is 11.7. The highest BCUT2D eigenvalue weighted by Crippen LogP contribution is 2.21. The van der Waals surface area contributed by atoms with E-state index in [2.05, 4.69) is 19.2 Å². The predicted molar refractivity (Wildman–Crippen MR) is 71.5 cm³/mol. The SMILES string of the molecule is CC1CC(C)CN(C(=O)NCC2CCOCC2)C1. The van der Waals surface area contributed by atoms with Gasteiger partial charge in [-0.25, -0.2) is 4.79 Å². The smallest absolute Gasteiger partial charge is 0.317 e. The summed E-state index contributed by atoms with van der Waals surface area (Å²) in [6.07, 6.45) is 3.39. The molecule has 2 rings (SSSR count). The zero-order valence-corrected chi connectivity index (χ0v) is 11.7. The van der Waals surface area contributed by atoms with Crippen molar-refractivity contribution in [3.63, 3.8) is 0 Å². The number of rotatable bonds is 2. The first-order valence-electron chi connectivity index (χ1n) is 7.25. The molecule has 0 radical (unpaired) electrons. The van der Waals surface area contributed by atoms with Crippen molar-refractivity contribution >= 4 is 6.03 Å². The number of carbonyl (C=O) groups excluding carboxylic acids is 1. The van der Waals surface area contributed by atoms with Gasteiger partial charge in [-0.3, -0.25) is 0 Å². The maximum atomic E-state index is 12.1. The van der Waals surface area contributed by atoms with Crippen molar-refractivity contribution in [1.82, 2.24) is 10.2 Å². The lowest BCUT2D eigenvalue weighted by atomic mass is 9.92. The molecule has 4 heteroatoms. The number of hydrogen-bond donors (Lipinski definition) is 1. The molecule has 1 N–H and O–H groups in total. The number of hydrogen-bond acceptors (Lipinski definition) is 2. The fourth-order valence-corrected chi connectivity index (χ4v) is 3.12. The van der Waals surface area contributed by atoms with E-state index in [1.807, 2.05) is 4.90 Å². The van der Waals surface area contributed by atoms with Crippen LogP contribution in [0.1, 0.15) is 33.1 Å². The standard InChI is InChI=1S/C14H26N2O2/c1-11-7-12(2)10-16(9-11)14(17)15-8-13-3-5-18-6-4-13/h11-13H,3-10H2,1-2H3,(H,15,17). The second kappa shape index (κ2) is 6.41. The summed E-state index contributed by atoms with van der Waals surface area (Å²) in [6, 6.07) is 0.125. The van der Waals surface area contributed by atoms with Gasteiger partial charge in [0.15, 0.2) is 0 Å². The monoisotopic (exact) mass is 254 g/mol. The van der Waals surface area contributed by atoms with E-state index >= 15 is 0 Å². The first kappa shape index (κ1) is 13.7.